The molecule has 0 rings (SSSR count). The fraction of sp³-hybridized carbons (Fsp3) is 0.818. The number of hydrogen-bond donors (Lipinski definition) is 3. The molecule has 5 nitrogen and oxygen atoms in total. The third kappa shape index (κ3) is 5.11. The van der Waals surface area contributed by atoms with Gasteiger partial charge in [0.2, 0.25) is 5.91 Å². The molecule has 16 heavy (non-hydrogen) atoms. The van der Waals surface area contributed by atoms with Gasteiger partial charge in [-0.25, -0.2) is 0 Å². The first-order valence-electron chi connectivity index (χ1n) is 5.33. The first-order valence-corrected chi connectivity index (χ1v) is 5.33. The van der Waals surface area contributed by atoms with Gasteiger partial charge < -0.3 is 15.5 Å². The van der Waals surface area contributed by atoms with Gasteiger partial charge in [0.05, 0.1) is 11.0 Å². The van der Waals surface area contributed by atoms with Crippen molar-refractivity contribution >= 4 is 11.9 Å². The number of aliphatic carboxylic acids is 1. The van der Waals surface area contributed by atoms with Crippen LogP contribution in [0, 0.1) is 5.41 Å². The minimum Gasteiger partial charge on any atom is -0.481 e. The molecule has 0 saturated carbocycles. The maximum atomic E-state index is 11.4. The molecule has 0 aromatic heterocycles. The Hall–Kier alpha value is -1.10. The molecule has 0 aliphatic heterocycles. The monoisotopic (exact) mass is 231 g/mol. The summed E-state index contributed by atoms with van der Waals surface area (Å²) in [6.07, 6.45) is 0.428. The molecule has 0 spiro atoms. The van der Waals surface area contributed by atoms with Crippen LogP contribution in [0.2, 0.25) is 0 Å². The van der Waals surface area contributed by atoms with E-state index in [9.17, 15) is 14.7 Å². The van der Waals surface area contributed by atoms with Gasteiger partial charge in [0.15, 0.2) is 0 Å². The maximum absolute atomic E-state index is 11.4. The molecule has 0 aromatic carbocycles. The average Bonchev–Trinajstić information content (AvgIpc) is 2.14. The van der Waals surface area contributed by atoms with Gasteiger partial charge in [-0.05, 0) is 27.2 Å². The molecule has 1 atom stereocenters. The Morgan fingerprint density at radius 1 is 1.25 bits per heavy atom. The summed E-state index contributed by atoms with van der Waals surface area (Å²) in [6.45, 7) is 6.56. The van der Waals surface area contributed by atoms with E-state index in [0.717, 1.165) is 0 Å². The Balaban J connectivity index is 4.16. The smallest absolute Gasteiger partial charge is 0.309 e. The van der Waals surface area contributed by atoms with E-state index in [4.69, 9.17) is 5.11 Å². The van der Waals surface area contributed by atoms with Crippen molar-refractivity contribution in [2.45, 2.75) is 46.1 Å². The first kappa shape index (κ1) is 14.9. The SMILES string of the molecule is CCC(C)(O)CNC(=O)CC(C)(C)C(=O)O. The summed E-state index contributed by atoms with van der Waals surface area (Å²) in [5, 5.41) is 21.0. The van der Waals surface area contributed by atoms with Crippen molar-refractivity contribution in [2.24, 2.45) is 5.41 Å². The lowest BCUT2D eigenvalue weighted by Gasteiger charge is -2.23. The minimum absolute atomic E-state index is 0.0951. The summed E-state index contributed by atoms with van der Waals surface area (Å²) in [5.41, 5.74) is -2.02. The van der Waals surface area contributed by atoms with E-state index < -0.39 is 17.0 Å². The molecule has 0 saturated heterocycles. The number of carboxylic acids is 1. The number of amides is 1. The van der Waals surface area contributed by atoms with Gasteiger partial charge in [0.25, 0.3) is 0 Å². The van der Waals surface area contributed by atoms with E-state index in [1.54, 1.807) is 6.92 Å². The summed E-state index contributed by atoms with van der Waals surface area (Å²) in [4.78, 5) is 22.2. The molecule has 0 fully saturated rings. The van der Waals surface area contributed by atoms with Crippen LogP contribution in [0.1, 0.15) is 40.5 Å². The third-order valence-electron chi connectivity index (χ3n) is 2.61. The second kappa shape index (κ2) is 5.30. The zero-order valence-corrected chi connectivity index (χ0v) is 10.3. The zero-order chi connectivity index (χ0) is 13.0. The summed E-state index contributed by atoms with van der Waals surface area (Å²) in [7, 11) is 0. The fourth-order valence-corrected chi connectivity index (χ4v) is 0.954. The quantitative estimate of drug-likeness (QED) is 0.630. The van der Waals surface area contributed by atoms with E-state index in [-0.39, 0.29) is 18.9 Å². The van der Waals surface area contributed by atoms with E-state index in [2.05, 4.69) is 5.32 Å². The Bertz CT molecular complexity index is 271. The average molecular weight is 231 g/mol. The number of hydrogen-bond acceptors (Lipinski definition) is 3. The zero-order valence-electron chi connectivity index (χ0n) is 10.3. The Morgan fingerprint density at radius 3 is 2.12 bits per heavy atom. The van der Waals surface area contributed by atoms with E-state index in [1.165, 1.54) is 13.8 Å². The second-order valence-electron chi connectivity index (χ2n) is 4.99. The molecule has 3 N–H and O–H groups in total. The summed E-state index contributed by atoms with van der Waals surface area (Å²) < 4.78 is 0. The van der Waals surface area contributed by atoms with Crippen molar-refractivity contribution in [1.29, 1.82) is 0 Å². The molecule has 94 valence electrons. The lowest BCUT2D eigenvalue weighted by molar-refractivity contribution is -0.149. The number of nitrogens with one attached hydrogen (secondary N) is 1. The number of rotatable bonds is 6. The molecular formula is C11H21NO4. The normalized spacial score (nSPS) is 15.3. The lowest BCUT2D eigenvalue weighted by Crippen LogP contribution is -2.42. The molecule has 0 heterocycles. The fourth-order valence-electron chi connectivity index (χ4n) is 0.954. The largest absolute Gasteiger partial charge is 0.481 e. The first-order chi connectivity index (χ1) is 7.10. The van der Waals surface area contributed by atoms with Crippen molar-refractivity contribution in [3.8, 4) is 0 Å². The molecule has 1 unspecified atom stereocenters. The highest BCUT2D eigenvalue weighted by Gasteiger charge is 2.30. The Kier molecular flexibility index (Phi) is 4.93. The molecule has 0 aliphatic rings. The second-order valence-corrected chi connectivity index (χ2v) is 4.99. The van der Waals surface area contributed by atoms with E-state index in [0.29, 0.717) is 6.42 Å². The maximum Gasteiger partial charge on any atom is 0.309 e. The Morgan fingerprint density at radius 2 is 1.75 bits per heavy atom. The number of carboxylic acid groups (broad SMARTS) is 1. The van der Waals surface area contributed by atoms with Crippen molar-refractivity contribution in [3.05, 3.63) is 0 Å². The Labute approximate surface area is 95.9 Å². The van der Waals surface area contributed by atoms with Gasteiger partial charge in [-0.3, -0.25) is 9.59 Å². The van der Waals surface area contributed by atoms with Gasteiger partial charge in [0.1, 0.15) is 0 Å². The van der Waals surface area contributed by atoms with Crippen LogP contribution in [0.25, 0.3) is 0 Å². The van der Waals surface area contributed by atoms with Crippen molar-refractivity contribution in [3.63, 3.8) is 0 Å². The molecule has 0 radical (unpaired) electrons. The minimum atomic E-state index is -1.08. The van der Waals surface area contributed by atoms with Crippen molar-refractivity contribution < 1.29 is 19.8 Å². The van der Waals surface area contributed by atoms with Crippen molar-refractivity contribution in [2.75, 3.05) is 6.54 Å². The van der Waals surface area contributed by atoms with Gasteiger partial charge in [0, 0.05) is 13.0 Å². The third-order valence-corrected chi connectivity index (χ3v) is 2.61. The van der Waals surface area contributed by atoms with Crippen LogP contribution in [0.5, 0.6) is 0 Å². The molecule has 0 aliphatic carbocycles. The standard InChI is InChI=1S/C11H21NO4/c1-5-11(4,16)7-12-8(13)6-10(2,3)9(14)15/h16H,5-7H2,1-4H3,(H,12,13)(H,14,15). The highest BCUT2D eigenvalue weighted by molar-refractivity contribution is 5.84. The topological polar surface area (TPSA) is 86.6 Å². The van der Waals surface area contributed by atoms with E-state index >= 15 is 0 Å². The van der Waals surface area contributed by atoms with Crippen LogP contribution >= 0.6 is 0 Å². The lowest BCUT2D eigenvalue weighted by atomic mass is 9.89. The van der Waals surface area contributed by atoms with Gasteiger partial charge in [-0.15, -0.1) is 0 Å². The van der Waals surface area contributed by atoms with Crippen LogP contribution in [0.4, 0.5) is 0 Å². The highest BCUT2D eigenvalue weighted by atomic mass is 16.4. The van der Waals surface area contributed by atoms with Crippen LogP contribution in [-0.4, -0.2) is 34.2 Å². The molecule has 0 aromatic rings. The van der Waals surface area contributed by atoms with Crippen LogP contribution in [0.3, 0.4) is 0 Å². The number of carbonyl (C=O) groups excluding carboxylic acids is 1. The number of aliphatic hydroxyl groups is 1. The van der Waals surface area contributed by atoms with Gasteiger partial charge in [-0.1, -0.05) is 6.92 Å². The molecule has 5 heteroatoms. The van der Waals surface area contributed by atoms with Crippen LogP contribution < -0.4 is 5.32 Å². The summed E-state index contributed by atoms with van der Waals surface area (Å²) in [5.74, 6) is -1.37. The molecule has 0 bridgehead atoms. The summed E-state index contributed by atoms with van der Waals surface area (Å²) in [6, 6.07) is 0. The van der Waals surface area contributed by atoms with E-state index in [1.807, 2.05) is 6.92 Å². The van der Waals surface area contributed by atoms with Gasteiger partial charge >= 0.3 is 5.97 Å². The molecular weight excluding hydrogens is 210 g/mol. The highest BCUT2D eigenvalue weighted by Crippen LogP contribution is 2.20. The van der Waals surface area contributed by atoms with Gasteiger partial charge in [-0.2, -0.15) is 0 Å². The molecule has 1 amide bonds. The van der Waals surface area contributed by atoms with Crippen LogP contribution in [-0.2, 0) is 9.59 Å². The predicted octanol–water partition coefficient (Wildman–Crippen LogP) is 0.764. The van der Waals surface area contributed by atoms with Crippen molar-refractivity contribution in [1.82, 2.24) is 5.32 Å². The summed E-state index contributed by atoms with van der Waals surface area (Å²) >= 11 is 0. The van der Waals surface area contributed by atoms with Crippen LogP contribution in [0.15, 0.2) is 0 Å². The number of carbonyl (C=O) groups is 2. The predicted molar refractivity (Wildman–Crippen MR) is 60.0 cm³/mol.